The van der Waals surface area contributed by atoms with E-state index in [1.807, 2.05) is 36.4 Å². The van der Waals surface area contributed by atoms with Crippen molar-refractivity contribution < 1.29 is 4.79 Å². The Morgan fingerprint density at radius 3 is 2.71 bits per heavy atom. The number of nitriles is 1. The highest BCUT2D eigenvalue weighted by Gasteiger charge is 2.08. The van der Waals surface area contributed by atoms with Gasteiger partial charge in [0.25, 0.3) is 5.91 Å². The van der Waals surface area contributed by atoms with Crippen LogP contribution < -0.4 is 5.32 Å². The number of aromatic nitrogens is 1. The fourth-order valence-electron chi connectivity index (χ4n) is 1.84. The van der Waals surface area contributed by atoms with Crippen LogP contribution in [0.5, 0.6) is 0 Å². The lowest BCUT2D eigenvalue weighted by molar-refractivity contribution is -0.117. The molecule has 0 radical (unpaired) electrons. The lowest BCUT2D eigenvalue weighted by Crippen LogP contribution is -2.26. The van der Waals surface area contributed by atoms with Gasteiger partial charge in [-0.3, -0.25) is 9.78 Å². The summed E-state index contributed by atoms with van der Waals surface area (Å²) in [6.45, 7) is 0.495. The first-order valence-electron chi connectivity index (χ1n) is 6.63. The zero-order valence-electron chi connectivity index (χ0n) is 11.5. The second kappa shape index (κ2) is 7.61. The van der Waals surface area contributed by atoms with Crippen LogP contribution in [0.2, 0.25) is 0 Å². The van der Waals surface area contributed by atoms with Gasteiger partial charge in [0, 0.05) is 18.9 Å². The topological polar surface area (TPSA) is 65.8 Å². The molecule has 0 bridgehead atoms. The van der Waals surface area contributed by atoms with Crippen molar-refractivity contribution in [3.05, 3.63) is 71.6 Å². The molecule has 2 aromatic rings. The molecule has 0 saturated heterocycles. The summed E-state index contributed by atoms with van der Waals surface area (Å²) in [6, 6.07) is 15.3. The first kappa shape index (κ1) is 14.5. The van der Waals surface area contributed by atoms with Gasteiger partial charge in [0.05, 0.1) is 0 Å². The summed E-state index contributed by atoms with van der Waals surface area (Å²) in [4.78, 5) is 15.9. The zero-order chi connectivity index (χ0) is 14.9. The van der Waals surface area contributed by atoms with E-state index in [1.54, 1.807) is 24.5 Å². The number of benzene rings is 1. The molecule has 4 nitrogen and oxygen atoms in total. The fraction of sp³-hybridized carbons (Fsp3) is 0.118. The average Bonchev–Trinajstić information content (AvgIpc) is 2.54. The summed E-state index contributed by atoms with van der Waals surface area (Å²) in [7, 11) is 0. The molecule has 1 aromatic carbocycles. The summed E-state index contributed by atoms with van der Waals surface area (Å²) in [5.74, 6) is -0.364. The minimum absolute atomic E-state index is 0.0797. The molecular weight excluding hydrogens is 262 g/mol. The molecule has 0 aliphatic heterocycles. The van der Waals surface area contributed by atoms with E-state index in [0.717, 1.165) is 17.5 Å². The summed E-state index contributed by atoms with van der Waals surface area (Å²) >= 11 is 0. The van der Waals surface area contributed by atoms with Crippen molar-refractivity contribution >= 4 is 12.0 Å². The molecule has 21 heavy (non-hydrogen) atoms. The summed E-state index contributed by atoms with van der Waals surface area (Å²) in [5.41, 5.74) is 1.95. The highest BCUT2D eigenvalue weighted by atomic mass is 16.1. The van der Waals surface area contributed by atoms with Crippen LogP contribution in [0, 0.1) is 11.3 Å². The van der Waals surface area contributed by atoms with Crippen molar-refractivity contribution in [2.24, 2.45) is 0 Å². The van der Waals surface area contributed by atoms with Crippen molar-refractivity contribution in [3.63, 3.8) is 0 Å². The molecule has 0 saturated carbocycles. The standard InChI is InChI=1S/C17H15N3O/c18-12-16(11-15-7-4-9-19-13-15)17(21)20-10-8-14-5-2-1-3-6-14/h1-7,9,11,13H,8,10H2,(H,20,21)/b16-11-. The van der Waals surface area contributed by atoms with E-state index >= 15 is 0 Å². The quantitative estimate of drug-likeness (QED) is 0.674. The second-order valence-corrected chi connectivity index (χ2v) is 4.45. The molecule has 1 heterocycles. The Bertz CT molecular complexity index is 657. The molecule has 1 aromatic heterocycles. The molecule has 104 valence electrons. The Balaban J connectivity index is 1.92. The molecule has 1 N–H and O–H groups in total. The summed E-state index contributed by atoms with van der Waals surface area (Å²) in [6.07, 6.45) is 5.51. The maximum absolute atomic E-state index is 11.9. The van der Waals surface area contributed by atoms with Crippen LogP contribution in [0.1, 0.15) is 11.1 Å². The molecule has 1 amide bonds. The van der Waals surface area contributed by atoms with Gasteiger partial charge < -0.3 is 5.32 Å². The van der Waals surface area contributed by atoms with E-state index in [1.165, 1.54) is 6.08 Å². The molecule has 0 spiro atoms. The van der Waals surface area contributed by atoms with Crippen molar-refractivity contribution in [3.8, 4) is 6.07 Å². The minimum atomic E-state index is -0.364. The van der Waals surface area contributed by atoms with Gasteiger partial charge in [0.15, 0.2) is 0 Å². The van der Waals surface area contributed by atoms with Gasteiger partial charge in [-0.1, -0.05) is 36.4 Å². The lowest BCUT2D eigenvalue weighted by atomic mass is 10.1. The predicted molar refractivity (Wildman–Crippen MR) is 81.0 cm³/mol. The largest absolute Gasteiger partial charge is 0.351 e. The summed E-state index contributed by atoms with van der Waals surface area (Å²) in [5, 5.41) is 11.8. The third kappa shape index (κ3) is 4.59. The highest BCUT2D eigenvalue weighted by Crippen LogP contribution is 2.05. The van der Waals surface area contributed by atoms with E-state index in [0.29, 0.717) is 6.54 Å². The van der Waals surface area contributed by atoms with Crippen molar-refractivity contribution in [1.82, 2.24) is 10.3 Å². The first-order chi connectivity index (χ1) is 10.3. The fourth-order valence-corrected chi connectivity index (χ4v) is 1.84. The Labute approximate surface area is 123 Å². The minimum Gasteiger partial charge on any atom is -0.351 e. The van der Waals surface area contributed by atoms with Crippen LogP contribution in [-0.2, 0) is 11.2 Å². The Morgan fingerprint density at radius 2 is 2.05 bits per heavy atom. The Kier molecular flexibility index (Phi) is 5.25. The number of hydrogen-bond donors (Lipinski definition) is 1. The van der Waals surface area contributed by atoms with Crippen LogP contribution in [0.4, 0.5) is 0 Å². The van der Waals surface area contributed by atoms with E-state index < -0.39 is 0 Å². The number of nitrogens with zero attached hydrogens (tertiary/aromatic N) is 2. The number of carbonyl (C=O) groups is 1. The monoisotopic (exact) mass is 277 g/mol. The van der Waals surface area contributed by atoms with Gasteiger partial charge >= 0.3 is 0 Å². The van der Waals surface area contributed by atoms with Crippen molar-refractivity contribution in [2.45, 2.75) is 6.42 Å². The number of pyridine rings is 1. The lowest BCUT2D eigenvalue weighted by Gasteiger charge is -2.04. The molecule has 4 heteroatoms. The number of carbonyl (C=O) groups excluding carboxylic acids is 1. The van der Waals surface area contributed by atoms with Crippen molar-refractivity contribution in [1.29, 1.82) is 5.26 Å². The Hall–Kier alpha value is -2.93. The maximum atomic E-state index is 11.9. The molecular formula is C17H15N3O. The zero-order valence-corrected chi connectivity index (χ0v) is 11.5. The third-order valence-electron chi connectivity index (χ3n) is 2.90. The first-order valence-corrected chi connectivity index (χ1v) is 6.63. The van der Waals surface area contributed by atoms with Gasteiger partial charge in [0.1, 0.15) is 11.6 Å². The van der Waals surface area contributed by atoms with Gasteiger partial charge in [-0.15, -0.1) is 0 Å². The van der Waals surface area contributed by atoms with Crippen molar-refractivity contribution in [2.75, 3.05) is 6.54 Å². The second-order valence-electron chi connectivity index (χ2n) is 4.45. The smallest absolute Gasteiger partial charge is 0.261 e. The van der Waals surface area contributed by atoms with Gasteiger partial charge in [0.2, 0.25) is 0 Å². The Morgan fingerprint density at radius 1 is 1.24 bits per heavy atom. The van der Waals surface area contributed by atoms with Crippen LogP contribution in [-0.4, -0.2) is 17.4 Å². The van der Waals surface area contributed by atoms with Gasteiger partial charge in [-0.2, -0.15) is 5.26 Å². The summed E-state index contributed by atoms with van der Waals surface area (Å²) < 4.78 is 0. The normalized spacial score (nSPS) is 10.7. The molecule has 0 unspecified atom stereocenters. The number of amides is 1. The maximum Gasteiger partial charge on any atom is 0.261 e. The molecule has 0 aliphatic carbocycles. The van der Waals surface area contributed by atoms with E-state index in [4.69, 9.17) is 5.26 Å². The SMILES string of the molecule is N#C/C(=C/c1cccnc1)C(=O)NCCc1ccccc1. The predicted octanol–water partition coefficient (Wildman–Crippen LogP) is 2.35. The van der Waals surface area contributed by atoms with E-state index in [9.17, 15) is 4.79 Å². The van der Waals surface area contributed by atoms with Gasteiger partial charge in [-0.05, 0) is 29.7 Å². The molecule has 2 rings (SSSR count). The number of nitrogens with one attached hydrogen (secondary N) is 1. The van der Waals surface area contributed by atoms with E-state index in [-0.39, 0.29) is 11.5 Å². The van der Waals surface area contributed by atoms with Gasteiger partial charge in [-0.25, -0.2) is 0 Å². The molecule has 0 atom stereocenters. The molecule has 0 aliphatic rings. The van der Waals surface area contributed by atoms with E-state index in [2.05, 4.69) is 10.3 Å². The van der Waals surface area contributed by atoms with Crippen LogP contribution >= 0.6 is 0 Å². The van der Waals surface area contributed by atoms with Crippen LogP contribution in [0.15, 0.2) is 60.4 Å². The third-order valence-corrected chi connectivity index (χ3v) is 2.90. The highest BCUT2D eigenvalue weighted by molar-refractivity contribution is 6.01. The van der Waals surface area contributed by atoms with Crippen LogP contribution in [0.25, 0.3) is 6.08 Å². The average molecular weight is 277 g/mol. The number of rotatable bonds is 5. The number of hydrogen-bond acceptors (Lipinski definition) is 3. The molecule has 0 fully saturated rings. The van der Waals surface area contributed by atoms with Crippen LogP contribution in [0.3, 0.4) is 0 Å².